The van der Waals surface area contributed by atoms with E-state index in [-0.39, 0.29) is 0 Å². The van der Waals surface area contributed by atoms with Gasteiger partial charge < -0.3 is 10.5 Å². The molecular weight excluding hydrogens is 342 g/mol. The van der Waals surface area contributed by atoms with Gasteiger partial charge in [0.05, 0.1) is 12.2 Å². The highest BCUT2D eigenvalue weighted by atomic mass is 35.5. The van der Waals surface area contributed by atoms with Gasteiger partial charge in [-0.1, -0.05) is 29.8 Å². The van der Waals surface area contributed by atoms with E-state index in [0.717, 1.165) is 22.5 Å². The Kier molecular flexibility index (Phi) is 5.98. The molecule has 7 heteroatoms. The van der Waals surface area contributed by atoms with Crippen LogP contribution in [-0.2, 0) is 20.9 Å². The number of amides is 1. The molecule has 2 N–H and O–H groups in total. The molecule has 6 nitrogen and oxygen atoms in total. The number of aryl methyl sites for hydroxylation is 1. The summed E-state index contributed by atoms with van der Waals surface area (Å²) in [6, 6.07) is 7.57. The number of benzene rings is 1. The van der Waals surface area contributed by atoms with Crippen molar-refractivity contribution in [1.29, 1.82) is 0 Å². The van der Waals surface area contributed by atoms with Crippen molar-refractivity contribution >= 4 is 29.6 Å². The molecule has 1 heterocycles. The maximum Gasteiger partial charge on any atom is 0.331 e. The maximum absolute atomic E-state index is 11.7. The van der Waals surface area contributed by atoms with Gasteiger partial charge in [0.1, 0.15) is 0 Å². The van der Waals surface area contributed by atoms with Crippen LogP contribution in [0.15, 0.2) is 30.3 Å². The van der Waals surface area contributed by atoms with Crippen molar-refractivity contribution in [2.24, 2.45) is 5.73 Å². The number of rotatable bonds is 6. The molecule has 0 bridgehead atoms. The predicted octanol–water partition coefficient (Wildman–Crippen LogP) is 2.63. The lowest BCUT2D eigenvalue weighted by Gasteiger charge is -2.07. The van der Waals surface area contributed by atoms with Crippen LogP contribution in [-0.4, -0.2) is 27.8 Å². The summed E-state index contributed by atoms with van der Waals surface area (Å²) >= 11 is 6.20. The average molecular weight is 362 g/mol. The summed E-state index contributed by atoms with van der Waals surface area (Å²) in [5.74, 6) is -1.33. The Bertz CT molecular complexity index is 827. The number of nitrogens with zero attached hydrogens (tertiary/aromatic N) is 2. The molecule has 1 aromatic heterocycles. The van der Waals surface area contributed by atoms with Gasteiger partial charge >= 0.3 is 5.97 Å². The molecule has 25 heavy (non-hydrogen) atoms. The van der Waals surface area contributed by atoms with Crippen LogP contribution >= 0.6 is 11.6 Å². The third-order valence-electron chi connectivity index (χ3n) is 3.80. The van der Waals surface area contributed by atoms with Crippen LogP contribution in [0.4, 0.5) is 0 Å². The van der Waals surface area contributed by atoms with Gasteiger partial charge in [0.2, 0.25) is 0 Å². The minimum absolute atomic E-state index is 0.531. The van der Waals surface area contributed by atoms with Crippen LogP contribution in [0.25, 0.3) is 6.08 Å². The molecule has 0 spiro atoms. The molecule has 1 aromatic carbocycles. The van der Waals surface area contributed by atoms with Crippen molar-refractivity contribution in [3.63, 3.8) is 0 Å². The number of primary amides is 1. The molecule has 1 atom stereocenters. The van der Waals surface area contributed by atoms with Crippen molar-refractivity contribution < 1.29 is 14.3 Å². The van der Waals surface area contributed by atoms with Gasteiger partial charge in [-0.3, -0.25) is 9.48 Å². The van der Waals surface area contributed by atoms with Gasteiger partial charge in [-0.25, -0.2) is 4.79 Å². The molecule has 2 rings (SSSR count). The van der Waals surface area contributed by atoms with Crippen molar-refractivity contribution in [1.82, 2.24) is 9.78 Å². The van der Waals surface area contributed by atoms with Gasteiger partial charge in [-0.2, -0.15) is 5.10 Å². The predicted molar refractivity (Wildman–Crippen MR) is 96.0 cm³/mol. The molecule has 0 aliphatic rings. The summed E-state index contributed by atoms with van der Waals surface area (Å²) in [6.45, 7) is 5.72. The van der Waals surface area contributed by atoms with E-state index >= 15 is 0 Å². The third-order valence-corrected chi connectivity index (χ3v) is 4.16. The van der Waals surface area contributed by atoms with E-state index in [2.05, 4.69) is 5.10 Å². The fraction of sp³-hybridized carbons (Fsp3) is 0.278. The zero-order valence-corrected chi connectivity index (χ0v) is 15.1. The lowest BCUT2D eigenvalue weighted by atomic mass is 10.1. The summed E-state index contributed by atoms with van der Waals surface area (Å²) < 4.78 is 6.71. The summed E-state index contributed by atoms with van der Waals surface area (Å²) in [7, 11) is 0. The maximum atomic E-state index is 11.7. The molecule has 2 aromatic rings. The highest BCUT2D eigenvalue weighted by Crippen LogP contribution is 2.20. The summed E-state index contributed by atoms with van der Waals surface area (Å²) in [5, 5.41) is 5.17. The van der Waals surface area contributed by atoms with Gasteiger partial charge in [-0.15, -0.1) is 0 Å². The fourth-order valence-corrected chi connectivity index (χ4v) is 2.51. The zero-order valence-electron chi connectivity index (χ0n) is 14.3. The first kappa shape index (κ1) is 18.7. The van der Waals surface area contributed by atoms with Crippen LogP contribution in [0.5, 0.6) is 0 Å². The number of hydrogen-bond acceptors (Lipinski definition) is 4. The van der Waals surface area contributed by atoms with Crippen LogP contribution < -0.4 is 5.73 Å². The van der Waals surface area contributed by atoms with Crippen LogP contribution in [0.3, 0.4) is 0 Å². The number of nitrogens with two attached hydrogens (primary N) is 1. The van der Waals surface area contributed by atoms with Crippen molar-refractivity contribution in [3.05, 3.63) is 57.9 Å². The van der Waals surface area contributed by atoms with Crippen LogP contribution in [0.1, 0.15) is 29.4 Å². The number of carbonyl (C=O) groups excluding carboxylic acids is 2. The first-order valence-electron chi connectivity index (χ1n) is 7.75. The molecule has 1 unspecified atom stereocenters. The Balaban J connectivity index is 2.16. The number of aromatic nitrogens is 2. The van der Waals surface area contributed by atoms with Crippen LogP contribution in [0.2, 0.25) is 5.02 Å². The number of esters is 1. The van der Waals surface area contributed by atoms with Gasteiger partial charge in [0.15, 0.2) is 6.10 Å². The fourth-order valence-electron chi connectivity index (χ4n) is 2.32. The van der Waals surface area contributed by atoms with E-state index in [0.29, 0.717) is 11.6 Å². The molecule has 0 saturated heterocycles. The van der Waals surface area contributed by atoms with Gasteiger partial charge in [0.25, 0.3) is 5.91 Å². The number of ether oxygens (including phenoxy) is 1. The zero-order chi connectivity index (χ0) is 18.6. The normalized spacial score (nSPS) is 12.3. The van der Waals surface area contributed by atoms with Crippen molar-refractivity contribution in [2.75, 3.05) is 0 Å². The smallest absolute Gasteiger partial charge is 0.331 e. The number of hydrogen-bond donors (Lipinski definition) is 1. The first-order valence-corrected chi connectivity index (χ1v) is 8.12. The molecule has 0 fully saturated rings. The van der Waals surface area contributed by atoms with Crippen molar-refractivity contribution in [2.45, 2.75) is 33.4 Å². The quantitative estimate of drug-likeness (QED) is 0.633. The SMILES string of the molecule is Cc1nn(Cc2ccccc2Cl)c(C)c1/C=C/C(=O)OC(C)C(N)=O. The molecule has 0 radical (unpaired) electrons. The summed E-state index contributed by atoms with van der Waals surface area (Å²) in [6.07, 6.45) is 1.91. The highest BCUT2D eigenvalue weighted by Gasteiger charge is 2.14. The largest absolute Gasteiger partial charge is 0.449 e. The summed E-state index contributed by atoms with van der Waals surface area (Å²) in [4.78, 5) is 22.7. The minimum Gasteiger partial charge on any atom is -0.449 e. The third kappa shape index (κ3) is 4.70. The Morgan fingerprint density at radius 2 is 2.04 bits per heavy atom. The van der Waals surface area contributed by atoms with Gasteiger partial charge in [-0.05, 0) is 38.5 Å². The minimum atomic E-state index is -0.970. The lowest BCUT2D eigenvalue weighted by Crippen LogP contribution is -2.29. The Morgan fingerprint density at radius 1 is 1.36 bits per heavy atom. The summed E-state index contributed by atoms with van der Waals surface area (Å²) in [5.41, 5.74) is 8.51. The molecule has 0 aliphatic heterocycles. The van der Waals surface area contributed by atoms with E-state index in [1.165, 1.54) is 13.0 Å². The Hall–Kier alpha value is -2.60. The number of carbonyl (C=O) groups is 2. The standard InChI is InChI=1S/C18H20ClN3O3/c1-11-15(8-9-17(23)25-13(3)18(20)24)12(2)22(21-11)10-14-6-4-5-7-16(14)19/h4-9,13H,10H2,1-3H3,(H2,20,24)/b9-8+. The van der Waals surface area contributed by atoms with E-state index in [4.69, 9.17) is 22.1 Å². The molecule has 132 valence electrons. The second kappa shape index (κ2) is 7.98. The second-order valence-electron chi connectivity index (χ2n) is 5.65. The van der Waals surface area contributed by atoms with E-state index < -0.39 is 18.0 Å². The molecule has 0 aliphatic carbocycles. The van der Waals surface area contributed by atoms with E-state index in [1.54, 1.807) is 6.08 Å². The van der Waals surface area contributed by atoms with Gasteiger partial charge in [0, 0.05) is 22.4 Å². The Labute approximate surface area is 151 Å². The monoisotopic (exact) mass is 361 g/mol. The average Bonchev–Trinajstić information content (AvgIpc) is 2.81. The van der Waals surface area contributed by atoms with E-state index in [1.807, 2.05) is 42.8 Å². The highest BCUT2D eigenvalue weighted by molar-refractivity contribution is 6.31. The van der Waals surface area contributed by atoms with Crippen molar-refractivity contribution in [3.8, 4) is 0 Å². The first-order chi connectivity index (χ1) is 11.8. The Morgan fingerprint density at radius 3 is 2.68 bits per heavy atom. The second-order valence-corrected chi connectivity index (χ2v) is 6.06. The van der Waals surface area contributed by atoms with Crippen LogP contribution in [0, 0.1) is 13.8 Å². The molecule has 1 amide bonds. The lowest BCUT2D eigenvalue weighted by molar-refractivity contribution is -0.148. The van der Waals surface area contributed by atoms with E-state index in [9.17, 15) is 9.59 Å². The molecule has 0 saturated carbocycles. The topological polar surface area (TPSA) is 87.2 Å². The molecular formula is C18H20ClN3O3. The number of halogens is 1.